The molecule has 1 aliphatic rings. The molecule has 0 bridgehead atoms. The molecular weight excluding hydrogens is 270 g/mol. The molecule has 1 amide bonds. The number of alkyl carbamates (subject to hydrolysis) is 1. The molecule has 0 aromatic carbocycles. The number of aromatic carboxylic acids is 1. The predicted molar refractivity (Wildman–Crippen MR) is 68.3 cm³/mol. The summed E-state index contributed by atoms with van der Waals surface area (Å²) in [6.45, 7) is 2.16. The summed E-state index contributed by atoms with van der Waals surface area (Å²) >= 11 is 1.13. The van der Waals surface area contributed by atoms with Crippen LogP contribution in [0, 0.1) is 0 Å². The summed E-state index contributed by atoms with van der Waals surface area (Å²) in [6.07, 6.45) is 0.430. The molecule has 1 aromatic rings. The minimum absolute atomic E-state index is 0.0741. The number of carbonyl (C=O) groups excluding carboxylic acids is 1. The number of methoxy groups -OCH3 is 1. The second-order valence-corrected chi connectivity index (χ2v) is 5.16. The first-order valence-electron chi connectivity index (χ1n) is 5.83. The molecule has 19 heavy (non-hydrogen) atoms. The number of ether oxygens (including phenoxy) is 1. The van der Waals surface area contributed by atoms with Gasteiger partial charge in [0.1, 0.15) is 0 Å². The topological polar surface area (TPSA) is 91.8 Å². The van der Waals surface area contributed by atoms with E-state index in [1.807, 2.05) is 0 Å². The molecule has 2 N–H and O–H groups in total. The maximum absolute atomic E-state index is 11.1. The SMILES string of the molecule is COC(=O)NC1CCN(Cc2csc(C(=O)O)n2)C1. The Hall–Kier alpha value is -1.67. The van der Waals surface area contributed by atoms with Gasteiger partial charge in [-0.3, -0.25) is 4.90 Å². The van der Waals surface area contributed by atoms with Crippen molar-refractivity contribution in [2.24, 2.45) is 0 Å². The smallest absolute Gasteiger partial charge is 0.407 e. The molecule has 1 aromatic heterocycles. The van der Waals surface area contributed by atoms with Crippen LogP contribution in [0.15, 0.2) is 5.38 Å². The van der Waals surface area contributed by atoms with Crippen LogP contribution in [0.4, 0.5) is 4.79 Å². The van der Waals surface area contributed by atoms with E-state index in [1.54, 1.807) is 5.38 Å². The zero-order valence-electron chi connectivity index (χ0n) is 10.5. The Balaban J connectivity index is 1.84. The van der Waals surface area contributed by atoms with Crippen molar-refractivity contribution in [2.75, 3.05) is 20.2 Å². The van der Waals surface area contributed by atoms with Crippen LogP contribution in [-0.2, 0) is 11.3 Å². The van der Waals surface area contributed by atoms with Gasteiger partial charge in [0, 0.05) is 31.1 Å². The number of nitrogens with zero attached hydrogens (tertiary/aromatic N) is 2. The van der Waals surface area contributed by atoms with Crippen molar-refractivity contribution in [2.45, 2.75) is 19.0 Å². The maximum atomic E-state index is 11.1. The third-order valence-corrected chi connectivity index (χ3v) is 3.78. The van der Waals surface area contributed by atoms with Gasteiger partial charge in [0.05, 0.1) is 12.8 Å². The normalized spacial score (nSPS) is 19.3. The first-order valence-corrected chi connectivity index (χ1v) is 6.71. The van der Waals surface area contributed by atoms with Crippen LogP contribution in [0.2, 0.25) is 0 Å². The second-order valence-electron chi connectivity index (χ2n) is 4.31. The van der Waals surface area contributed by atoms with Crippen LogP contribution in [0.25, 0.3) is 0 Å². The van der Waals surface area contributed by atoms with Crippen molar-refractivity contribution in [1.29, 1.82) is 0 Å². The van der Waals surface area contributed by atoms with Crippen LogP contribution in [0.3, 0.4) is 0 Å². The van der Waals surface area contributed by atoms with Crippen molar-refractivity contribution in [3.05, 3.63) is 16.1 Å². The van der Waals surface area contributed by atoms with Gasteiger partial charge in [-0.15, -0.1) is 11.3 Å². The predicted octanol–water partition coefficient (Wildman–Crippen LogP) is 0.772. The molecule has 0 spiro atoms. The van der Waals surface area contributed by atoms with Gasteiger partial charge in [-0.25, -0.2) is 14.6 Å². The van der Waals surface area contributed by atoms with E-state index in [0.29, 0.717) is 6.54 Å². The van der Waals surface area contributed by atoms with Gasteiger partial charge >= 0.3 is 12.1 Å². The Labute approximate surface area is 114 Å². The highest BCUT2D eigenvalue weighted by atomic mass is 32.1. The standard InChI is InChI=1S/C11H15N3O4S/c1-18-11(17)13-7-2-3-14(4-7)5-8-6-19-9(12-8)10(15)16/h6-7H,2-5H2,1H3,(H,13,17)(H,15,16). The Morgan fingerprint density at radius 3 is 3.11 bits per heavy atom. The first-order chi connectivity index (χ1) is 9.08. The molecule has 1 unspecified atom stereocenters. The Morgan fingerprint density at radius 1 is 1.68 bits per heavy atom. The molecule has 0 saturated carbocycles. The van der Waals surface area contributed by atoms with Gasteiger partial charge in [-0.1, -0.05) is 0 Å². The lowest BCUT2D eigenvalue weighted by atomic mass is 10.3. The first kappa shape index (κ1) is 13.8. The highest BCUT2D eigenvalue weighted by Gasteiger charge is 2.24. The fraction of sp³-hybridized carbons (Fsp3) is 0.545. The number of nitrogens with one attached hydrogen (secondary N) is 1. The quantitative estimate of drug-likeness (QED) is 0.849. The summed E-state index contributed by atoms with van der Waals surface area (Å²) in [7, 11) is 1.34. The average molecular weight is 285 g/mol. The number of hydrogen-bond donors (Lipinski definition) is 2. The molecule has 1 atom stereocenters. The molecular formula is C11H15N3O4S. The molecule has 2 rings (SSSR count). The summed E-state index contributed by atoms with van der Waals surface area (Å²) < 4.78 is 4.55. The molecule has 104 valence electrons. The molecule has 1 saturated heterocycles. The third kappa shape index (κ3) is 3.65. The van der Waals surface area contributed by atoms with E-state index >= 15 is 0 Å². The molecule has 1 fully saturated rings. The van der Waals surface area contributed by atoms with E-state index in [-0.39, 0.29) is 11.0 Å². The summed E-state index contributed by atoms with van der Waals surface area (Å²) in [5, 5.41) is 13.4. The average Bonchev–Trinajstić information content (AvgIpc) is 2.99. The molecule has 8 heteroatoms. The third-order valence-electron chi connectivity index (χ3n) is 2.90. The largest absolute Gasteiger partial charge is 0.476 e. The number of rotatable bonds is 4. The molecule has 7 nitrogen and oxygen atoms in total. The lowest BCUT2D eigenvalue weighted by Crippen LogP contribution is -2.36. The number of aromatic nitrogens is 1. The van der Waals surface area contributed by atoms with E-state index in [2.05, 4.69) is 19.9 Å². The van der Waals surface area contributed by atoms with Crippen molar-refractivity contribution in [3.8, 4) is 0 Å². The van der Waals surface area contributed by atoms with E-state index in [9.17, 15) is 9.59 Å². The number of amides is 1. The zero-order valence-corrected chi connectivity index (χ0v) is 11.3. The highest BCUT2D eigenvalue weighted by Crippen LogP contribution is 2.16. The number of thiazole rings is 1. The van der Waals surface area contributed by atoms with E-state index < -0.39 is 12.1 Å². The van der Waals surface area contributed by atoms with Crippen LogP contribution in [0.5, 0.6) is 0 Å². The van der Waals surface area contributed by atoms with Crippen molar-refractivity contribution >= 4 is 23.4 Å². The lowest BCUT2D eigenvalue weighted by molar-refractivity contribution is 0.0696. The summed E-state index contributed by atoms with van der Waals surface area (Å²) in [4.78, 5) is 28.0. The van der Waals surface area contributed by atoms with Gasteiger partial charge in [0.15, 0.2) is 0 Å². The van der Waals surface area contributed by atoms with Gasteiger partial charge in [-0.2, -0.15) is 0 Å². The van der Waals surface area contributed by atoms with E-state index in [4.69, 9.17) is 5.11 Å². The molecule has 0 aliphatic carbocycles. The maximum Gasteiger partial charge on any atom is 0.407 e. The number of carbonyl (C=O) groups is 2. The van der Waals surface area contributed by atoms with Gasteiger partial charge in [0.25, 0.3) is 0 Å². The van der Waals surface area contributed by atoms with Crippen LogP contribution >= 0.6 is 11.3 Å². The monoisotopic (exact) mass is 285 g/mol. The van der Waals surface area contributed by atoms with E-state index in [1.165, 1.54) is 7.11 Å². The van der Waals surface area contributed by atoms with Crippen LogP contribution in [0.1, 0.15) is 21.9 Å². The molecule has 1 aliphatic heterocycles. The Bertz CT molecular complexity index is 476. The Kier molecular flexibility index (Phi) is 4.33. The summed E-state index contributed by atoms with van der Waals surface area (Å²) in [6, 6.07) is 0.0741. The van der Waals surface area contributed by atoms with Crippen LogP contribution in [-0.4, -0.2) is 53.3 Å². The minimum Gasteiger partial charge on any atom is -0.476 e. The van der Waals surface area contributed by atoms with Crippen molar-refractivity contribution in [3.63, 3.8) is 0 Å². The Morgan fingerprint density at radius 2 is 2.47 bits per heavy atom. The molecule has 0 radical (unpaired) electrons. The van der Waals surface area contributed by atoms with Gasteiger partial charge < -0.3 is 15.2 Å². The number of hydrogen-bond acceptors (Lipinski definition) is 6. The second kappa shape index (κ2) is 5.98. The minimum atomic E-state index is -0.997. The fourth-order valence-corrected chi connectivity index (χ4v) is 2.67. The van der Waals surface area contributed by atoms with Crippen molar-refractivity contribution in [1.82, 2.24) is 15.2 Å². The summed E-state index contributed by atoms with van der Waals surface area (Å²) in [5.74, 6) is -0.997. The fourth-order valence-electron chi connectivity index (χ4n) is 2.03. The van der Waals surface area contributed by atoms with Crippen LogP contribution < -0.4 is 5.32 Å². The highest BCUT2D eigenvalue weighted by molar-refractivity contribution is 7.11. The zero-order chi connectivity index (χ0) is 13.8. The lowest BCUT2D eigenvalue weighted by Gasteiger charge is -2.14. The van der Waals surface area contributed by atoms with Crippen molar-refractivity contribution < 1.29 is 19.4 Å². The summed E-state index contributed by atoms with van der Waals surface area (Å²) in [5.41, 5.74) is 0.751. The molecule has 2 heterocycles. The number of likely N-dealkylation sites (tertiary alicyclic amines) is 1. The van der Waals surface area contributed by atoms with Gasteiger partial charge in [-0.05, 0) is 6.42 Å². The number of carboxylic acid groups (broad SMARTS) is 1. The van der Waals surface area contributed by atoms with Gasteiger partial charge in [0.2, 0.25) is 5.01 Å². The number of carboxylic acids is 1. The van der Waals surface area contributed by atoms with E-state index in [0.717, 1.165) is 36.5 Å².